The van der Waals surface area contributed by atoms with Crippen molar-refractivity contribution in [3.63, 3.8) is 0 Å². The summed E-state index contributed by atoms with van der Waals surface area (Å²) in [7, 11) is 0. The Morgan fingerprint density at radius 2 is 1.96 bits per heavy atom. The lowest BCUT2D eigenvalue weighted by Gasteiger charge is -2.05. The Balaban J connectivity index is 1.89. The van der Waals surface area contributed by atoms with E-state index in [0.29, 0.717) is 10.6 Å². The van der Waals surface area contributed by atoms with Crippen molar-refractivity contribution in [2.75, 3.05) is 6.61 Å². The molecule has 118 valence electrons. The van der Waals surface area contributed by atoms with Gasteiger partial charge in [0, 0.05) is 16.7 Å². The van der Waals surface area contributed by atoms with Crippen LogP contribution in [0.25, 0.3) is 0 Å². The predicted molar refractivity (Wildman–Crippen MR) is 85.8 cm³/mol. The first-order valence-electron chi connectivity index (χ1n) is 6.50. The van der Waals surface area contributed by atoms with Crippen molar-refractivity contribution in [2.24, 2.45) is 5.10 Å². The Bertz CT molecular complexity index is 749. The van der Waals surface area contributed by atoms with Crippen LogP contribution in [0.4, 0.5) is 5.69 Å². The number of nitro benzene ring substituents is 1. The topological polar surface area (TPSA) is 93.8 Å². The van der Waals surface area contributed by atoms with Crippen LogP contribution >= 0.6 is 11.6 Å². The molecule has 2 rings (SSSR count). The Kier molecular flexibility index (Phi) is 5.65. The van der Waals surface area contributed by atoms with Crippen LogP contribution < -0.4 is 10.2 Å². The molecule has 2 aromatic rings. The number of hydrogen-bond donors (Lipinski definition) is 1. The molecule has 0 aliphatic heterocycles. The van der Waals surface area contributed by atoms with Crippen LogP contribution in [0.15, 0.2) is 53.6 Å². The molecule has 0 heterocycles. The lowest BCUT2D eigenvalue weighted by Crippen LogP contribution is -2.24. The van der Waals surface area contributed by atoms with Crippen molar-refractivity contribution in [1.29, 1.82) is 0 Å². The van der Waals surface area contributed by atoms with Crippen LogP contribution in [-0.2, 0) is 4.79 Å². The molecule has 0 aromatic heterocycles. The van der Waals surface area contributed by atoms with Gasteiger partial charge < -0.3 is 4.74 Å². The first-order chi connectivity index (χ1) is 11.1. The molecule has 0 fully saturated rings. The van der Waals surface area contributed by atoms with Gasteiger partial charge in [0.05, 0.1) is 11.1 Å². The van der Waals surface area contributed by atoms with E-state index in [-0.39, 0.29) is 11.4 Å². The highest BCUT2D eigenvalue weighted by Crippen LogP contribution is 2.25. The molecule has 7 nitrogen and oxygen atoms in total. The number of hydrogen-bond acceptors (Lipinski definition) is 5. The molecule has 0 aliphatic carbocycles. The second-order valence-corrected chi connectivity index (χ2v) is 4.74. The molecule has 2 aromatic carbocycles. The molecule has 1 amide bonds. The minimum atomic E-state index is -0.581. The average Bonchev–Trinajstić information content (AvgIpc) is 2.55. The summed E-state index contributed by atoms with van der Waals surface area (Å²) in [4.78, 5) is 21.9. The van der Waals surface area contributed by atoms with Crippen LogP contribution in [0.5, 0.6) is 5.75 Å². The maximum absolute atomic E-state index is 11.6. The number of carbonyl (C=O) groups excluding carboxylic acids is 1. The zero-order valence-electron chi connectivity index (χ0n) is 11.8. The second-order valence-electron chi connectivity index (χ2n) is 4.33. The number of rotatable bonds is 6. The van der Waals surface area contributed by atoms with Crippen molar-refractivity contribution in [3.05, 3.63) is 69.2 Å². The van der Waals surface area contributed by atoms with Crippen molar-refractivity contribution < 1.29 is 14.5 Å². The van der Waals surface area contributed by atoms with E-state index in [1.165, 1.54) is 24.4 Å². The summed E-state index contributed by atoms with van der Waals surface area (Å²) in [5.41, 5.74) is 2.69. The molecule has 8 heteroatoms. The maximum Gasteiger partial charge on any atom is 0.310 e. The highest BCUT2D eigenvalue weighted by atomic mass is 35.5. The SMILES string of the molecule is O=C(COc1ccccc1[N+](=O)[O-])N/N=C/c1ccccc1Cl. The molecule has 0 atom stereocenters. The molecule has 0 radical (unpaired) electrons. The van der Waals surface area contributed by atoms with E-state index in [9.17, 15) is 14.9 Å². The van der Waals surface area contributed by atoms with E-state index in [1.54, 1.807) is 30.3 Å². The van der Waals surface area contributed by atoms with E-state index >= 15 is 0 Å². The minimum absolute atomic E-state index is 0.0164. The molecule has 0 spiro atoms. The third kappa shape index (κ3) is 4.79. The van der Waals surface area contributed by atoms with Crippen molar-refractivity contribution in [3.8, 4) is 5.75 Å². The van der Waals surface area contributed by atoms with Gasteiger partial charge in [-0.25, -0.2) is 5.43 Å². The van der Waals surface area contributed by atoms with Gasteiger partial charge in [-0.05, 0) is 12.1 Å². The van der Waals surface area contributed by atoms with E-state index in [0.717, 1.165) is 0 Å². The second kappa shape index (κ2) is 7.90. The van der Waals surface area contributed by atoms with Gasteiger partial charge in [-0.1, -0.05) is 41.9 Å². The number of nitro groups is 1. The lowest BCUT2D eigenvalue weighted by atomic mass is 10.2. The van der Waals surface area contributed by atoms with Gasteiger partial charge in [0.2, 0.25) is 0 Å². The quantitative estimate of drug-likeness (QED) is 0.499. The molecule has 0 saturated carbocycles. The molecular weight excluding hydrogens is 322 g/mol. The molecule has 0 aliphatic rings. The number of benzene rings is 2. The number of carbonyl (C=O) groups is 1. The van der Waals surface area contributed by atoms with Crippen molar-refractivity contribution in [2.45, 2.75) is 0 Å². The van der Waals surface area contributed by atoms with Crippen LogP contribution in [0.1, 0.15) is 5.56 Å². The van der Waals surface area contributed by atoms with Gasteiger partial charge in [0.15, 0.2) is 12.4 Å². The van der Waals surface area contributed by atoms with Gasteiger partial charge in [0.25, 0.3) is 5.91 Å². The van der Waals surface area contributed by atoms with Gasteiger partial charge in [-0.15, -0.1) is 0 Å². The van der Waals surface area contributed by atoms with Gasteiger partial charge >= 0.3 is 5.69 Å². The van der Waals surface area contributed by atoms with Gasteiger partial charge in [-0.3, -0.25) is 14.9 Å². The lowest BCUT2D eigenvalue weighted by molar-refractivity contribution is -0.385. The predicted octanol–water partition coefficient (Wildman–Crippen LogP) is 2.78. The van der Waals surface area contributed by atoms with Gasteiger partial charge in [-0.2, -0.15) is 5.10 Å². The Morgan fingerprint density at radius 1 is 1.26 bits per heavy atom. The highest BCUT2D eigenvalue weighted by Gasteiger charge is 2.14. The molecule has 0 bridgehead atoms. The normalized spacial score (nSPS) is 10.5. The first kappa shape index (κ1) is 16.4. The number of halogens is 1. The summed E-state index contributed by atoms with van der Waals surface area (Å²) in [6, 6.07) is 12.8. The standard InChI is InChI=1S/C15H12ClN3O4/c16-12-6-2-1-5-11(12)9-17-18-15(20)10-23-14-8-4-3-7-13(14)19(21)22/h1-9H,10H2,(H,18,20)/b17-9+. The van der Waals surface area contributed by atoms with E-state index in [2.05, 4.69) is 10.5 Å². The molecule has 0 unspecified atom stereocenters. The zero-order chi connectivity index (χ0) is 16.7. The third-order valence-electron chi connectivity index (χ3n) is 2.72. The average molecular weight is 334 g/mol. The number of ether oxygens (including phenoxy) is 1. The smallest absolute Gasteiger partial charge is 0.310 e. The minimum Gasteiger partial charge on any atom is -0.477 e. The Hall–Kier alpha value is -2.93. The first-order valence-corrected chi connectivity index (χ1v) is 6.88. The van der Waals surface area contributed by atoms with Gasteiger partial charge in [0.1, 0.15) is 0 Å². The number of para-hydroxylation sites is 2. The third-order valence-corrected chi connectivity index (χ3v) is 3.06. The maximum atomic E-state index is 11.6. The fourth-order valence-corrected chi connectivity index (χ4v) is 1.84. The summed E-state index contributed by atoms with van der Waals surface area (Å²) < 4.78 is 5.13. The summed E-state index contributed by atoms with van der Waals surface area (Å²) in [5.74, 6) is -0.533. The Morgan fingerprint density at radius 3 is 2.70 bits per heavy atom. The number of nitrogens with zero attached hydrogens (tertiary/aromatic N) is 2. The van der Waals surface area contributed by atoms with Crippen LogP contribution in [0, 0.1) is 10.1 Å². The number of hydrazone groups is 1. The fraction of sp³-hybridized carbons (Fsp3) is 0.0667. The fourth-order valence-electron chi connectivity index (χ4n) is 1.66. The Labute approximate surface area is 136 Å². The summed E-state index contributed by atoms with van der Waals surface area (Å²) in [5, 5.41) is 15.1. The largest absolute Gasteiger partial charge is 0.477 e. The number of amides is 1. The van der Waals surface area contributed by atoms with Crippen molar-refractivity contribution in [1.82, 2.24) is 5.43 Å². The zero-order valence-corrected chi connectivity index (χ0v) is 12.6. The molecule has 23 heavy (non-hydrogen) atoms. The van der Waals surface area contributed by atoms with Crippen LogP contribution in [0.2, 0.25) is 5.02 Å². The summed E-state index contributed by atoms with van der Waals surface area (Å²) in [6.07, 6.45) is 1.39. The van der Waals surface area contributed by atoms with E-state index < -0.39 is 17.4 Å². The molecule has 0 saturated heterocycles. The number of nitrogens with one attached hydrogen (secondary N) is 1. The van der Waals surface area contributed by atoms with E-state index in [4.69, 9.17) is 16.3 Å². The summed E-state index contributed by atoms with van der Waals surface area (Å²) >= 11 is 5.94. The monoisotopic (exact) mass is 333 g/mol. The van der Waals surface area contributed by atoms with Crippen LogP contribution in [-0.4, -0.2) is 23.7 Å². The van der Waals surface area contributed by atoms with Crippen LogP contribution in [0.3, 0.4) is 0 Å². The van der Waals surface area contributed by atoms with Crippen molar-refractivity contribution >= 4 is 29.4 Å². The summed E-state index contributed by atoms with van der Waals surface area (Å²) in [6.45, 7) is -0.398. The van der Waals surface area contributed by atoms with E-state index in [1.807, 2.05) is 0 Å². The highest BCUT2D eigenvalue weighted by molar-refractivity contribution is 6.33. The molecule has 1 N–H and O–H groups in total. The molecular formula is C15H12ClN3O4.